The van der Waals surface area contributed by atoms with Crippen LogP contribution in [-0.4, -0.2) is 26.5 Å². The third-order valence-electron chi connectivity index (χ3n) is 4.76. The summed E-state index contributed by atoms with van der Waals surface area (Å²) in [5, 5.41) is 17.3. The first-order valence-electron chi connectivity index (χ1n) is 8.99. The van der Waals surface area contributed by atoms with Crippen LogP contribution in [0.1, 0.15) is 11.3 Å². The van der Waals surface area contributed by atoms with Gasteiger partial charge in [-0.1, -0.05) is 18.2 Å². The summed E-state index contributed by atoms with van der Waals surface area (Å²) in [5.41, 5.74) is 2.53. The van der Waals surface area contributed by atoms with Gasteiger partial charge < -0.3 is 15.4 Å². The second-order valence-electron chi connectivity index (χ2n) is 6.61. The number of aromatic nitrogens is 2. The van der Waals surface area contributed by atoms with Crippen molar-refractivity contribution in [3.63, 3.8) is 0 Å². The first-order valence-corrected chi connectivity index (χ1v) is 9.40. The van der Waals surface area contributed by atoms with Crippen LogP contribution >= 0.6 is 12.2 Å². The number of anilines is 2. The third kappa shape index (κ3) is 3.90. The largest absolute Gasteiger partial charge is 0.490 e. The second kappa shape index (κ2) is 8.37. The molecule has 0 atom stereocenters. The number of thiocarbonyl (C=S) groups is 1. The lowest BCUT2D eigenvalue weighted by atomic mass is 10.1. The van der Waals surface area contributed by atoms with Gasteiger partial charge >= 0.3 is 5.69 Å². The van der Waals surface area contributed by atoms with E-state index in [1.54, 1.807) is 23.3 Å². The molecule has 0 saturated heterocycles. The number of methoxy groups -OCH3 is 1. The number of hydrogen-bond donors (Lipinski definition) is 2. The maximum atomic E-state index is 13.0. The maximum Gasteiger partial charge on any atom is 0.311 e. The standard InChI is InChI=1S/C20H21N5O4S/c1-12-10-16(25(27)28)17(29-4)11-15(12)21-20(30)22-18-13(2)23(3)24(19(18)26)14-8-6-5-7-9-14/h5-11H,1-4H3,(H2,21,22,30). The quantitative estimate of drug-likeness (QED) is 0.365. The Morgan fingerprint density at radius 3 is 2.43 bits per heavy atom. The lowest BCUT2D eigenvalue weighted by Crippen LogP contribution is -2.25. The molecule has 0 aliphatic heterocycles. The van der Waals surface area contributed by atoms with Gasteiger partial charge in [0.1, 0.15) is 5.69 Å². The van der Waals surface area contributed by atoms with Crippen molar-refractivity contribution in [2.75, 3.05) is 17.7 Å². The number of nitrogens with zero attached hydrogens (tertiary/aromatic N) is 3. The van der Waals surface area contributed by atoms with Crippen LogP contribution in [0.15, 0.2) is 47.3 Å². The molecule has 0 saturated carbocycles. The first-order chi connectivity index (χ1) is 14.2. The fourth-order valence-corrected chi connectivity index (χ4v) is 3.31. The van der Waals surface area contributed by atoms with Gasteiger partial charge in [-0.3, -0.25) is 19.6 Å². The molecule has 1 heterocycles. The van der Waals surface area contributed by atoms with Crippen LogP contribution in [0.25, 0.3) is 5.69 Å². The predicted molar refractivity (Wildman–Crippen MR) is 120 cm³/mol. The summed E-state index contributed by atoms with van der Waals surface area (Å²) < 4.78 is 8.39. The van der Waals surface area contributed by atoms with E-state index in [1.807, 2.05) is 37.3 Å². The summed E-state index contributed by atoms with van der Waals surface area (Å²) in [5.74, 6) is 0.109. The molecule has 30 heavy (non-hydrogen) atoms. The normalized spacial score (nSPS) is 10.5. The topological polar surface area (TPSA) is 103 Å². The maximum absolute atomic E-state index is 13.0. The third-order valence-corrected chi connectivity index (χ3v) is 4.97. The fraction of sp³-hybridized carbons (Fsp3) is 0.200. The predicted octanol–water partition coefficient (Wildman–Crippen LogP) is 3.52. The van der Waals surface area contributed by atoms with Crippen molar-refractivity contribution < 1.29 is 9.66 Å². The van der Waals surface area contributed by atoms with Gasteiger partial charge in [-0.15, -0.1) is 0 Å². The number of para-hydroxylation sites is 1. The molecular weight excluding hydrogens is 406 g/mol. The van der Waals surface area contributed by atoms with Crippen LogP contribution in [-0.2, 0) is 7.05 Å². The highest BCUT2D eigenvalue weighted by Gasteiger charge is 2.20. The van der Waals surface area contributed by atoms with E-state index >= 15 is 0 Å². The van der Waals surface area contributed by atoms with E-state index in [0.717, 1.165) is 5.69 Å². The molecule has 0 fully saturated rings. The van der Waals surface area contributed by atoms with Crippen molar-refractivity contribution >= 4 is 34.4 Å². The first kappa shape index (κ1) is 21.1. The molecule has 0 bridgehead atoms. The van der Waals surface area contributed by atoms with Crippen molar-refractivity contribution in [2.24, 2.45) is 7.05 Å². The number of ether oxygens (including phenoxy) is 1. The van der Waals surface area contributed by atoms with Gasteiger partial charge in [-0.2, -0.15) is 0 Å². The molecule has 3 aromatic rings. The lowest BCUT2D eigenvalue weighted by Gasteiger charge is -2.13. The van der Waals surface area contributed by atoms with Crippen molar-refractivity contribution in [2.45, 2.75) is 13.8 Å². The highest BCUT2D eigenvalue weighted by Crippen LogP contribution is 2.32. The van der Waals surface area contributed by atoms with Crippen molar-refractivity contribution in [3.05, 3.63) is 74.2 Å². The van der Waals surface area contributed by atoms with Gasteiger partial charge in [0.25, 0.3) is 5.56 Å². The molecule has 0 spiro atoms. The Bertz CT molecular complexity index is 1180. The van der Waals surface area contributed by atoms with Gasteiger partial charge in [-0.25, -0.2) is 4.68 Å². The summed E-state index contributed by atoms with van der Waals surface area (Å²) in [7, 11) is 3.15. The van der Waals surface area contributed by atoms with Crippen LogP contribution in [0.2, 0.25) is 0 Å². The van der Waals surface area contributed by atoms with Gasteiger partial charge in [0.05, 0.1) is 23.4 Å². The van der Waals surface area contributed by atoms with Crippen molar-refractivity contribution in [1.82, 2.24) is 9.36 Å². The Morgan fingerprint density at radius 2 is 1.83 bits per heavy atom. The van der Waals surface area contributed by atoms with E-state index in [0.29, 0.717) is 22.6 Å². The number of nitro groups is 1. The molecule has 0 amide bonds. The average Bonchev–Trinajstić information content (AvgIpc) is 2.93. The van der Waals surface area contributed by atoms with Gasteiger partial charge in [-0.05, 0) is 43.8 Å². The molecule has 2 N–H and O–H groups in total. The fourth-order valence-electron chi connectivity index (χ4n) is 3.09. The Kier molecular flexibility index (Phi) is 5.88. The van der Waals surface area contributed by atoms with E-state index in [-0.39, 0.29) is 22.1 Å². The number of hydrogen-bond acceptors (Lipinski definition) is 5. The Labute approximate surface area is 178 Å². The van der Waals surface area contributed by atoms with Crippen LogP contribution < -0.4 is 20.9 Å². The highest BCUT2D eigenvalue weighted by atomic mass is 32.1. The zero-order chi connectivity index (χ0) is 22.0. The number of aryl methyl sites for hydroxylation is 1. The number of benzene rings is 2. The molecule has 2 aromatic carbocycles. The Hall–Kier alpha value is -3.66. The Morgan fingerprint density at radius 1 is 1.17 bits per heavy atom. The van der Waals surface area contributed by atoms with E-state index in [9.17, 15) is 14.9 Å². The van der Waals surface area contributed by atoms with Crippen LogP contribution in [0.3, 0.4) is 0 Å². The van der Waals surface area contributed by atoms with Gasteiger partial charge in [0.15, 0.2) is 10.9 Å². The van der Waals surface area contributed by atoms with Gasteiger partial charge in [0.2, 0.25) is 0 Å². The number of nitro benzene ring substituents is 1. The Balaban J connectivity index is 1.89. The highest BCUT2D eigenvalue weighted by molar-refractivity contribution is 7.80. The molecule has 0 aliphatic carbocycles. The molecule has 0 aliphatic rings. The monoisotopic (exact) mass is 427 g/mol. The van der Waals surface area contributed by atoms with Crippen molar-refractivity contribution in [1.29, 1.82) is 0 Å². The smallest absolute Gasteiger partial charge is 0.311 e. The summed E-state index contributed by atoms with van der Waals surface area (Å²) in [6.07, 6.45) is 0. The summed E-state index contributed by atoms with van der Waals surface area (Å²) in [4.78, 5) is 23.6. The number of nitrogens with one attached hydrogen (secondary N) is 2. The molecule has 0 unspecified atom stereocenters. The van der Waals surface area contributed by atoms with E-state index in [4.69, 9.17) is 17.0 Å². The SMILES string of the molecule is COc1cc(NC(=S)Nc2c(C)n(C)n(-c3ccccc3)c2=O)c(C)cc1[N+](=O)[O-]. The zero-order valence-electron chi connectivity index (χ0n) is 16.9. The van der Waals surface area contributed by atoms with Crippen molar-refractivity contribution in [3.8, 4) is 11.4 Å². The summed E-state index contributed by atoms with van der Waals surface area (Å²) >= 11 is 5.38. The van der Waals surface area contributed by atoms with Crippen LogP contribution in [0.5, 0.6) is 5.75 Å². The molecule has 3 rings (SSSR count). The molecule has 1 aromatic heterocycles. The van der Waals surface area contributed by atoms with Crippen LogP contribution in [0.4, 0.5) is 17.1 Å². The summed E-state index contributed by atoms with van der Waals surface area (Å²) in [6, 6.07) is 12.2. The average molecular weight is 427 g/mol. The van der Waals surface area contributed by atoms with Crippen LogP contribution in [0, 0.1) is 24.0 Å². The minimum absolute atomic E-state index is 0.109. The lowest BCUT2D eigenvalue weighted by molar-refractivity contribution is -0.385. The molecule has 156 valence electrons. The molecule has 0 radical (unpaired) electrons. The van der Waals surface area contributed by atoms with E-state index in [2.05, 4.69) is 10.6 Å². The summed E-state index contributed by atoms with van der Waals surface area (Å²) in [6.45, 7) is 3.53. The minimum atomic E-state index is -0.508. The van der Waals surface area contributed by atoms with E-state index < -0.39 is 4.92 Å². The molecule has 10 heteroatoms. The van der Waals surface area contributed by atoms with E-state index in [1.165, 1.54) is 19.2 Å². The molecule has 9 nitrogen and oxygen atoms in total. The second-order valence-corrected chi connectivity index (χ2v) is 7.02. The zero-order valence-corrected chi connectivity index (χ0v) is 17.7. The number of rotatable bonds is 5. The minimum Gasteiger partial charge on any atom is -0.490 e. The van der Waals surface area contributed by atoms with Gasteiger partial charge in [0, 0.05) is 24.9 Å². The molecular formula is C20H21N5O4S.